The lowest BCUT2D eigenvalue weighted by atomic mass is 10.1. The van der Waals surface area contributed by atoms with Crippen LogP contribution >= 0.6 is 0 Å². The fourth-order valence-electron chi connectivity index (χ4n) is 2.97. The molecule has 1 aliphatic heterocycles. The van der Waals surface area contributed by atoms with Gasteiger partial charge in [0, 0.05) is 12.6 Å². The van der Waals surface area contributed by atoms with Gasteiger partial charge in [-0.3, -0.25) is 4.90 Å². The smallest absolute Gasteiger partial charge is 0.240 e. The lowest BCUT2D eigenvalue weighted by Gasteiger charge is -2.32. The lowest BCUT2D eigenvalue weighted by molar-refractivity contribution is 0.170. The summed E-state index contributed by atoms with van der Waals surface area (Å²) in [5, 5.41) is 0. The normalized spacial score (nSPS) is 16.6. The molecule has 3 rings (SSSR count). The highest BCUT2D eigenvalue weighted by atomic mass is 32.2. The summed E-state index contributed by atoms with van der Waals surface area (Å²) in [5.41, 5.74) is 0. The molecule has 134 valence electrons. The standard InChI is InChI=1S/C19H24N2O3S/c22-25(23,19-9-5-2-6-10-19)20-17-11-13-21(14-12-17)15-16-24-18-7-3-1-4-8-18/h1-10,17,20H,11-16H2. The molecule has 0 aromatic heterocycles. The molecule has 1 saturated heterocycles. The van der Waals surface area contributed by atoms with Crippen LogP contribution in [0.3, 0.4) is 0 Å². The van der Waals surface area contributed by atoms with Gasteiger partial charge >= 0.3 is 0 Å². The molecule has 0 atom stereocenters. The fraction of sp³-hybridized carbons (Fsp3) is 0.368. The second-order valence-corrected chi connectivity index (χ2v) is 7.93. The van der Waals surface area contributed by atoms with Crippen molar-refractivity contribution in [2.75, 3.05) is 26.2 Å². The third-order valence-electron chi connectivity index (χ3n) is 4.38. The highest BCUT2D eigenvalue weighted by Gasteiger charge is 2.24. The first-order valence-corrected chi connectivity index (χ1v) is 10.1. The van der Waals surface area contributed by atoms with Gasteiger partial charge < -0.3 is 4.74 Å². The fourth-order valence-corrected chi connectivity index (χ4v) is 4.30. The summed E-state index contributed by atoms with van der Waals surface area (Å²) in [6, 6.07) is 18.3. The van der Waals surface area contributed by atoms with Gasteiger partial charge in [0.05, 0.1) is 4.90 Å². The number of benzene rings is 2. The molecular weight excluding hydrogens is 336 g/mol. The molecule has 0 saturated carbocycles. The Hall–Kier alpha value is -1.89. The Balaban J connectivity index is 1.41. The van der Waals surface area contributed by atoms with Gasteiger partial charge in [-0.15, -0.1) is 0 Å². The minimum Gasteiger partial charge on any atom is -0.492 e. The van der Waals surface area contributed by atoms with Crippen LogP contribution < -0.4 is 9.46 Å². The molecule has 0 amide bonds. The minimum atomic E-state index is -3.42. The number of rotatable bonds is 7. The highest BCUT2D eigenvalue weighted by molar-refractivity contribution is 7.89. The van der Waals surface area contributed by atoms with Crippen LogP contribution in [0.15, 0.2) is 65.6 Å². The van der Waals surface area contributed by atoms with Crippen LogP contribution in [0.4, 0.5) is 0 Å². The molecule has 0 bridgehead atoms. The summed E-state index contributed by atoms with van der Waals surface area (Å²) in [4.78, 5) is 2.64. The predicted molar refractivity (Wildman–Crippen MR) is 98.2 cm³/mol. The molecule has 1 N–H and O–H groups in total. The van der Waals surface area contributed by atoms with Gasteiger partial charge in [-0.1, -0.05) is 36.4 Å². The van der Waals surface area contributed by atoms with E-state index in [0.29, 0.717) is 11.5 Å². The average molecular weight is 360 g/mol. The van der Waals surface area contributed by atoms with Crippen LogP contribution in [0.1, 0.15) is 12.8 Å². The maximum atomic E-state index is 12.4. The highest BCUT2D eigenvalue weighted by Crippen LogP contribution is 2.15. The van der Waals surface area contributed by atoms with Crippen molar-refractivity contribution in [1.82, 2.24) is 9.62 Å². The number of hydrogen-bond donors (Lipinski definition) is 1. The summed E-state index contributed by atoms with van der Waals surface area (Å²) in [5.74, 6) is 0.882. The van der Waals surface area contributed by atoms with Crippen molar-refractivity contribution in [2.24, 2.45) is 0 Å². The molecule has 1 fully saturated rings. The van der Waals surface area contributed by atoms with Crippen molar-refractivity contribution < 1.29 is 13.2 Å². The molecule has 0 unspecified atom stereocenters. The summed E-state index contributed by atoms with van der Waals surface area (Å²) in [7, 11) is -3.42. The van der Waals surface area contributed by atoms with Gasteiger partial charge in [0.25, 0.3) is 0 Å². The van der Waals surface area contributed by atoms with Crippen molar-refractivity contribution in [3.63, 3.8) is 0 Å². The predicted octanol–water partition coefficient (Wildman–Crippen LogP) is 2.51. The summed E-state index contributed by atoms with van der Waals surface area (Å²) >= 11 is 0. The third-order valence-corrected chi connectivity index (χ3v) is 5.92. The molecule has 2 aromatic carbocycles. The van der Waals surface area contributed by atoms with Crippen molar-refractivity contribution in [2.45, 2.75) is 23.8 Å². The van der Waals surface area contributed by atoms with Crippen molar-refractivity contribution in [3.05, 3.63) is 60.7 Å². The zero-order valence-corrected chi connectivity index (χ0v) is 15.0. The largest absolute Gasteiger partial charge is 0.492 e. The second-order valence-electron chi connectivity index (χ2n) is 6.21. The molecule has 6 heteroatoms. The second kappa shape index (κ2) is 8.47. The Kier molecular flexibility index (Phi) is 6.07. The van der Waals surface area contributed by atoms with Crippen LogP contribution in [0, 0.1) is 0 Å². The Morgan fingerprint density at radius 3 is 2.20 bits per heavy atom. The molecule has 5 nitrogen and oxygen atoms in total. The first kappa shape index (κ1) is 17.9. The van der Waals surface area contributed by atoms with E-state index < -0.39 is 10.0 Å². The van der Waals surface area contributed by atoms with E-state index in [9.17, 15) is 8.42 Å². The molecule has 0 radical (unpaired) electrons. The quantitative estimate of drug-likeness (QED) is 0.824. The van der Waals surface area contributed by atoms with Gasteiger partial charge in [0.2, 0.25) is 10.0 Å². The number of sulfonamides is 1. The Morgan fingerprint density at radius 1 is 0.960 bits per heavy atom. The van der Waals surface area contributed by atoms with Crippen LogP contribution in [0.5, 0.6) is 5.75 Å². The summed E-state index contributed by atoms with van der Waals surface area (Å²) in [6.07, 6.45) is 1.63. The van der Waals surface area contributed by atoms with Crippen molar-refractivity contribution in [1.29, 1.82) is 0 Å². The molecule has 0 spiro atoms. The SMILES string of the molecule is O=S(=O)(NC1CCN(CCOc2ccccc2)CC1)c1ccccc1. The zero-order valence-electron chi connectivity index (χ0n) is 14.2. The van der Waals surface area contributed by atoms with E-state index in [0.717, 1.165) is 38.2 Å². The van der Waals surface area contributed by atoms with Crippen LogP contribution in [0.2, 0.25) is 0 Å². The molecule has 0 aliphatic carbocycles. The Bertz CT molecular complexity index is 743. The van der Waals surface area contributed by atoms with Gasteiger partial charge in [0.15, 0.2) is 0 Å². The summed E-state index contributed by atoms with van der Waals surface area (Å²) < 4.78 is 33.3. The van der Waals surface area contributed by atoms with E-state index in [4.69, 9.17) is 4.74 Å². The first-order valence-electron chi connectivity index (χ1n) is 8.61. The monoisotopic (exact) mass is 360 g/mol. The Labute approximate surface area is 149 Å². The van der Waals surface area contributed by atoms with E-state index in [1.54, 1.807) is 24.3 Å². The Morgan fingerprint density at radius 2 is 1.56 bits per heavy atom. The van der Waals surface area contributed by atoms with Gasteiger partial charge in [-0.25, -0.2) is 13.1 Å². The summed E-state index contributed by atoms with van der Waals surface area (Å²) in [6.45, 7) is 3.25. The zero-order chi connectivity index (χ0) is 17.5. The number of ether oxygens (including phenoxy) is 1. The van der Waals surface area contributed by atoms with E-state index in [1.807, 2.05) is 36.4 Å². The molecule has 1 heterocycles. The van der Waals surface area contributed by atoms with Crippen LogP contribution in [-0.4, -0.2) is 45.6 Å². The number of piperidine rings is 1. The first-order chi connectivity index (χ1) is 12.1. The molecule has 25 heavy (non-hydrogen) atoms. The maximum Gasteiger partial charge on any atom is 0.240 e. The van der Waals surface area contributed by atoms with Crippen LogP contribution in [-0.2, 0) is 10.0 Å². The molecule has 2 aromatic rings. The maximum absolute atomic E-state index is 12.4. The number of para-hydroxylation sites is 1. The van der Waals surface area contributed by atoms with Crippen molar-refractivity contribution >= 4 is 10.0 Å². The van der Waals surface area contributed by atoms with E-state index in [-0.39, 0.29) is 6.04 Å². The van der Waals surface area contributed by atoms with Gasteiger partial charge in [0.1, 0.15) is 12.4 Å². The number of likely N-dealkylation sites (tertiary alicyclic amines) is 1. The van der Waals surface area contributed by atoms with E-state index >= 15 is 0 Å². The van der Waals surface area contributed by atoms with E-state index in [1.165, 1.54) is 0 Å². The molecule has 1 aliphatic rings. The number of nitrogens with one attached hydrogen (secondary N) is 1. The van der Waals surface area contributed by atoms with Crippen molar-refractivity contribution in [3.8, 4) is 5.75 Å². The third kappa shape index (κ3) is 5.29. The van der Waals surface area contributed by atoms with Gasteiger partial charge in [-0.05, 0) is 50.2 Å². The minimum absolute atomic E-state index is 0.00324. The number of nitrogens with zero attached hydrogens (tertiary/aromatic N) is 1. The number of hydrogen-bond acceptors (Lipinski definition) is 4. The molecular formula is C19H24N2O3S. The van der Waals surface area contributed by atoms with E-state index in [2.05, 4.69) is 9.62 Å². The lowest BCUT2D eigenvalue weighted by Crippen LogP contribution is -2.45. The van der Waals surface area contributed by atoms with Gasteiger partial charge in [-0.2, -0.15) is 0 Å². The topological polar surface area (TPSA) is 58.6 Å². The average Bonchev–Trinajstić information content (AvgIpc) is 2.65. The van der Waals surface area contributed by atoms with Crippen LogP contribution in [0.25, 0.3) is 0 Å².